The normalized spacial score (nSPS) is 28.4. The molecule has 21 heavy (non-hydrogen) atoms. The van der Waals surface area contributed by atoms with E-state index in [4.69, 9.17) is 25.8 Å². The van der Waals surface area contributed by atoms with Crippen LogP contribution in [0.2, 0.25) is 5.02 Å². The molecular formula is C16H17ClO4. The van der Waals surface area contributed by atoms with Gasteiger partial charge in [-0.05, 0) is 25.0 Å². The number of ketones is 1. The first kappa shape index (κ1) is 14.4. The zero-order valence-corrected chi connectivity index (χ0v) is 12.5. The van der Waals surface area contributed by atoms with Crippen molar-refractivity contribution in [3.05, 3.63) is 41.3 Å². The molecule has 0 saturated heterocycles. The van der Waals surface area contributed by atoms with Crippen molar-refractivity contribution in [2.24, 2.45) is 5.92 Å². The predicted molar refractivity (Wildman–Crippen MR) is 78.2 cm³/mol. The van der Waals surface area contributed by atoms with E-state index < -0.39 is 0 Å². The van der Waals surface area contributed by atoms with E-state index in [9.17, 15) is 4.79 Å². The molecule has 1 aliphatic heterocycles. The second-order valence-electron chi connectivity index (χ2n) is 5.33. The van der Waals surface area contributed by atoms with Gasteiger partial charge >= 0.3 is 0 Å². The number of rotatable bonds is 3. The highest BCUT2D eigenvalue weighted by molar-refractivity contribution is 6.32. The lowest BCUT2D eigenvalue weighted by Gasteiger charge is -2.36. The molecule has 1 fully saturated rings. The Bertz CT molecular complexity index is 569. The third-order valence-corrected chi connectivity index (χ3v) is 4.38. The molecule has 5 heteroatoms. The Morgan fingerprint density at radius 1 is 1.29 bits per heavy atom. The number of Topliss-reactive ketones (excluding diaryl/α,β-unsaturated/α-hetero) is 1. The van der Waals surface area contributed by atoms with E-state index in [-0.39, 0.29) is 29.7 Å². The van der Waals surface area contributed by atoms with Gasteiger partial charge in [0.05, 0.1) is 17.0 Å². The minimum atomic E-state index is -0.154. The van der Waals surface area contributed by atoms with Crippen LogP contribution in [0.4, 0.5) is 0 Å². The van der Waals surface area contributed by atoms with Crippen molar-refractivity contribution in [3.8, 4) is 5.75 Å². The highest BCUT2D eigenvalue weighted by Crippen LogP contribution is 2.35. The fourth-order valence-corrected chi connectivity index (χ4v) is 3.04. The smallest absolute Gasteiger partial charge is 0.208 e. The molecule has 0 N–H and O–H groups in total. The quantitative estimate of drug-likeness (QED) is 0.859. The molecule has 1 heterocycles. The number of methoxy groups -OCH3 is 1. The lowest BCUT2D eigenvalue weighted by atomic mass is 9.80. The second kappa shape index (κ2) is 6.08. The fourth-order valence-electron chi connectivity index (χ4n) is 2.87. The number of hydrogen-bond donors (Lipinski definition) is 0. The number of benzene rings is 1. The predicted octanol–water partition coefficient (Wildman–Crippen LogP) is 3.34. The third-order valence-electron chi connectivity index (χ3n) is 4.06. The summed E-state index contributed by atoms with van der Waals surface area (Å²) in [6, 6.07) is 7.07. The molecular weight excluding hydrogens is 292 g/mol. The summed E-state index contributed by atoms with van der Waals surface area (Å²) in [7, 11) is 1.69. The Morgan fingerprint density at radius 3 is 2.86 bits per heavy atom. The maximum atomic E-state index is 12.5. The van der Waals surface area contributed by atoms with Crippen molar-refractivity contribution >= 4 is 17.4 Å². The summed E-state index contributed by atoms with van der Waals surface area (Å²) >= 11 is 6.05. The first-order valence-electron chi connectivity index (χ1n) is 7.04. The topological polar surface area (TPSA) is 44.8 Å². The van der Waals surface area contributed by atoms with Crippen LogP contribution in [0.3, 0.4) is 0 Å². The van der Waals surface area contributed by atoms with Gasteiger partial charge in [-0.1, -0.05) is 23.7 Å². The average Bonchev–Trinajstić information content (AvgIpc) is 2.51. The van der Waals surface area contributed by atoms with Crippen LogP contribution in [0, 0.1) is 5.92 Å². The van der Waals surface area contributed by atoms with Gasteiger partial charge < -0.3 is 14.2 Å². The number of halogens is 1. The molecule has 0 amide bonds. The summed E-state index contributed by atoms with van der Waals surface area (Å²) in [4.78, 5) is 12.5. The van der Waals surface area contributed by atoms with E-state index in [1.165, 1.54) is 6.26 Å². The summed E-state index contributed by atoms with van der Waals surface area (Å²) in [5.74, 6) is 0.520. The molecule has 0 aromatic heterocycles. The van der Waals surface area contributed by atoms with Crippen molar-refractivity contribution in [2.45, 2.75) is 31.5 Å². The Labute approximate surface area is 128 Å². The number of carbonyl (C=O) groups is 1. The molecule has 3 rings (SSSR count). The number of fused-ring (bicyclic) bond motifs is 1. The van der Waals surface area contributed by atoms with Gasteiger partial charge in [0.15, 0.2) is 0 Å². The lowest BCUT2D eigenvalue weighted by Crippen LogP contribution is -2.42. The third kappa shape index (κ3) is 2.92. The Kier molecular flexibility index (Phi) is 4.17. The molecule has 0 spiro atoms. The molecule has 1 aliphatic carbocycles. The van der Waals surface area contributed by atoms with Gasteiger partial charge in [-0.3, -0.25) is 4.79 Å². The zero-order valence-electron chi connectivity index (χ0n) is 11.8. The van der Waals surface area contributed by atoms with E-state index in [0.29, 0.717) is 10.8 Å². The number of carbonyl (C=O) groups excluding carboxylic acids is 1. The van der Waals surface area contributed by atoms with E-state index in [2.05, 4.69) is 0 Å². The van der Waals surface area contributed by atoms with Crippen molar-refractivity contribution in [1.82, 2.24) is 0 Å². The molecule has 1 aromatic rings. The van der Waals surface area contributed by atoms with Gasteiger partial charge in [0.2, 0.25) is 11.5 Å². The van der Waals surface area contributed by atoms with Crippen molar-refractivity contribution in [2.75, 3.05) is 7.11 Å². The highest BCUT2D eigenvalue weighted by atomic mass is 35.5. The summed E-state index contributed by atoms with van der Waals surface area (Å²) in [6.45, 7) is 0. The number of para-hydroxylation sites is 1. The summed E-state index contributed by atoms with van der Waals surface area (Å²) in [5.41, 5.74) is 0. The average molecular weight is 309 g/mol. The Morgan fingerprint density at radius 2 is 2.10 bits per heavy atom. The molecule has 1 aromatic carbocycles. The summed E-state index contributed by atoms with van der Waals surface area (Å²) in [5, 5.41) is 0.469. The molecule has 112 valence electrons. The van der Waals surface area contributed by atoms with Crippen LogP contribution in [0.5, 0.6) is 5.75 Å². The summed E-state index contributed by atoms with van der Waals surface area (Å²) in [6.07, 6.45) is 3.82. The first-order valence-corrected chi connectivity index (χ1v) is 7.42. The van der Waals surface area contributed by atoms with Crippen molar-refractivity contribution in [3.63, 3.8) is 0 Å². The first-order chi connectivity index (χ1) is 10.2. The molecule has 1 saturated carbocycles. The molecule has 3 unspecified atom stereocenters. The minimum absolute atomic E-state index is 0.0132. The molecule has 2 aliphatic rings. The molecule has 4 nitrogen and oxygen atoms in total. The maximum Gasteiger partial charge on any atom is 0.208 e. The van der Waals surface area contributed by atoms with Gasteiger partial charge in [-0.15, -0.1) is 0 Å². The van der Waals surface area contributed by atoms with E-state index in [1.54, 1.807) is 19.2 Å². The number of hydrogen-bond acceptors (Lipinski definition) is 4. The number of allylic oxidation sites excluding steroid dienone is 1. The SMILES string of the molecule is COC1CCC2C(=O)C(Oc3ccccc3Cl)=COC2C1. The van der Waals surface area contributed by atoms with Gasteiger partial charge in [-0.2, -0.15) is 0 Å². The monoisotopic (exact) mass is 308 g/mol. The molecule has 3 atom stereocenters. The molecule has 0 radical (unpaired) electrons. The largest absolute Gasteiger partial charge is 0.493 e. The van der Waals surface area contributed by atoms with Gasteiger partial charge in [0, 0.05) is 13.5 Å². The van der Waals surface area contributed by atoms with Gasteiger partial charge in [0.25, 0.3) is 0 Å². The van der Waals surface area contributed by atoms with Crippen LogP contribution in [-0.4, -0.2) is 25.1 Å². The van der Waals surface area contributed by atoms with E-state index in [0.717, 1.165) is 19.3 Å². The van der Waals surface area contributed by atoms with Crippen LogP contribution >= 0.6 is 11.6 Å². The Hall–Kier alpha value is -1.52. The second-order valence-corrected chi connectivity index (χ2v) is 5.74. The molecule has 0 bridgehead atoms. The van der Waals surface area contributed by atoms with Crippen LogP contribution in [0.15, 0.2) is 36.3 Å². The zero-order chi connectivity index (χ0) is 14.8. The van der Waals surface area contributed by atoms with Crippen molar-refractivity contribution in [1.29, 1.82) is 0 Å². The van der Waals surface area contributed by atoms with Crippen LogP contribution < -0.4 is 4.74 Å². The van der Waals surface area contributed by atoms with Gasteiger partial charge in [0.1, 0.15) is 18.1 Å². The lowest BCUT2D eigenvalue weighted by molar-refractivity contribution is -0.133. The van der Waals surface area contributed by atoms with Crippen LogP contribution in [0.25, 0.3) is 0 Å². The fraction of sp³-hybridized carbons (Fsp3) is 0.438. The standard InChI is InChI=1S/C16H17ClO4/c1-19-10-6-7-11-14(8-10)20-9-15(16(11)18)21-13-5-3-2-4-12(13)17/h2-5,9-11,14H,6-8H2,1H3. The minimum Gasteiger partial charge on any atom is -0.493 e. The van der Waals surface area contributed by atoms with E-state index in [1.807, 2.05) is 12.1 Å². The Balaban J connectivity index is 1.75. The number of ether oxygens (including phenoxy) is 3. The van der Waals surface area contributed by atoms with Crippen LogP contribution in [0.1, 0.15) is 19.3 Å². The maximum absolute atomic E-state index is 12.5. The van der Waals surface area contributed by atoms with E-state index >= 15 is 0 Å². The van der Waals surface area contributed by atoms with Gasteiger partial charge in [-0.25, -0.2) is 0 Å². The van der Waals surface area contributed by atoms with Crippen molar-refractivity contribution < 1.29 is 19.0 Å². The van der Waals surface area contributed by atoms with Crippen LogP contribution in [-0.2, 0) is 14.3 Å². The summed E-state index contributed by atoms with van der Waals surface area (Å²) < 4.78 is 16.7. The highest BCUT2D eigenvalue weighted by Gasteiger charge is 2.41.